The summed E-state index contributed by atoms with van der Waals surface area (Å²) in [6.45, 7) is 3.54. The van der Waals surface area contributed by atoms with Crippen LogP contribution in [0.25, 0.3) is 10.9 Å². The van der Waals surface area contributed by atoms with Crippen molar-refractivity contribution in [1.29, 1.82) is 0 Å². The zero-order valence-electron chi connectivity index (χ0n) is 14.6. The van der Waals surface area contributed by atoms with E-state index in [1.807, 2.05) is 11.0 Å². The van der Waals surface area contributed by atoms with Crippen LogP contribution < -0.4 is 0 Å². The van der Waals surface area contributed by atoms with Crippen molar-refractivity contribution in [3.63, 3.8) is 0 Å². The van der Waals surface area contributed by atoms with Gasteiger partial charge in [0.05, 0.1) is 5.56 Å². The van der Waals surface area contributed by atoms with Gasteiger partial charge in [-0.15, -0.1) is 0 Å². The Hall–Kier alpha value is -2.27. The molecule has 0 bridgehead atoms. The number of phenolic OH excluding ortho intramolecular Hbond substituents is 1. The molecule has 2 aromatic carbocycles. The highest BCUT2D eigenvalue weighted by Crippen LogP contribution is 2.36. The fourth-order valence-corrected chi connectivity index (χ4v) is 4.40. The number of benzene rings is 2. The number of aromatic hydroxyl groups is 1. The van der Waals surface area contributed by atoms with E-state index >= 15 is 0 Å². The number of piperidine rings is 1. The standard InChI is InChI=1S/C21H21BrN2O2/c1-13-20(16-4-2-3-5-18(16)23-13)14-8-10-24(11-9-14)21(26)17-7-6-15(22)12-19(17)25/h2-7,12,14,23,25H,8-11H2,1H3. The summed E-state index contributed by atoms with van der Waals surface area (Å²) < 4.78 is 0.764. The van der Waals surface area contributed by atoms with Crippen molar-refractivity contribution in [1.82, 2.24) is 9.88 Å². The number of nitrogens with one attached hydrogen (secondary N) is 1. The number of hydrogen-bond acceptors (Lipinski definition) is 2. The summed E-state index contributed by atoms with van der Waals surface area (Å²) in [6.07, 6.45) is 1.87. The van der Waals surface area contributed by atoms with Crippen molar-refractivity contribution in [2.24, 2.45) is 0 Å². The normalized spacial score (nSPS) is 15.5. The Morgan fingerprint density at radius 3 is 2.65 bits per heavy atom. The molecule has 0 unspecified atom stereocenters. The zero-order chi connectivity index (χ0) is 18.3. The molecule has 1 fully saturated rings. The number of amides is 1. The number of nitrogens with zero attached hydrogens (tertiary/aromatic N) is 1. The topological polar surface area (TPSA) is 56.3 Å². The zero-order valence-corrected chi connectivity index (χ0v) is 16.2. The van der Waals surface area contributed by atoms with Crippen LogP contribution in [0.5, 0.6) is 5.75 Å². The highest BCUT2D eigenvalue weighted by molar-refractivity contribution is 9.10. The minimum absolute atomic E-state index is 0.0268. The van der Waals surface area contributed by atoms with Crippen LogP contribution in [0.1, 0.15) is 40.4 Å². The summed E-state index contributed by atoms with van der Waals surface area (Å²) in [5, 5.41) is 11.4. The van der Waals surface area contributed by atoms with Crippen molar-refractivity contribution in [3.8, 4) is 5.75 Å². The maximum atomic E-state index is 12.7. The van der Waals surface area contributed by atoms with E-state index in [1.165, 1.54) is 22.2 Å². The molecule has 134 valence electrons. The Morgan fingerprint density at radius 1 is 1.19 bits per heavy atom. The minimum Gasteiger partial charge on any atom is -0.507 e. The molecule has 0 aliphatic carbocycles. The second-order valence-electron chi connectivity index (χ2n) is 6.94. The van der Waals surface area contributed by atoms with Gasteiger partial charge in [0.2, 0.25) is 0 Å². The predicted molar refractivity (Wildman–Crippen MR) is 107 cm³/mol. The number of halogens is 1. The molecule has 0 saturated carbocycles. The summed E-state index contributed by atoms with van der Waals surface area (Å²) >= 11 is 3.31. The van der Waals surface area contributed by atoms with Gasteiger partial charge in [-0.2, -0.15) is 0 Å². The summed E-state index contributed by atoms with van der Waals surface area (Å²) in [4.78, 5) is 18.1. The van der Waals surface area contributed by atoms with Crippen LogP contribution in [0, 0.1) is 6.92 Å². The van der Waals surface area contributed by atoms with E-state index < -0.39 is 0 Å². The molecule has 2 heterocycles. The molecule has 4 rings (SSSR count). The van der Waals surface area contributed by atoms with Crippen molar-refractivity contribution >= 4 is 32.7 Å². The first-order valence-electron chi connectivity index (χ1n) is 8.89. The SMILES string of the molecule is Cc1[nH]c2ccccc2c1C1CCN(C(=O)c2ccc(Br)cc2O)CC1. The van der Waals surface area contributed by atoms with E-state index in [9.17, 15) is 9.90 Å². The van der Waals surface area contributed by atoms with E-state index in [2.05, 4.69) is 46.0 Å². The molecule has 1 amide bonds. The van der Waals surface area contributed by atoms with Crippen LogP contribution in [0.4, 0.5) is 0 Å². The molecule has 5 heteroatoms. The number of likely N-dealkylation sites (tertiary alicyclic amines) is 1. The maximum Gasteiger partial charge on any atom is 0.257 e. The van der Waals surface area contributed by atoms with Gasteiger partial charge in [-0.1, -0.05) is 34.1 Å². The van der Waals surface area contributed by atoms with Crippen LogP contribution in [-0.2, 0) is 0 Å². The number of rotatable bonds is 2. The maximum absolute atomic E-state index is 12.7. The number of aromatic amines is 1. The highest BCUT2D eigenvalue weighted by atomic mass is 79.9. The fraction of sp³-hybridized carbons (Fsp3) is 0.286. The number of carbonyl (C=O) groups excluding carboxylic acids is 1. The molecule has 0 atom stereocenters. The molecule has 1 saturated heterocycles. The largest absolute Gasteiger partial charge is 0.507 e. The van der Waals surface area contributed by atoms with Gasteiger partial charge in [-0.05, 0) is 55.5 Å². The Morgan fingerprint density at radius 2 is 1.92 bits per heavy atom. The van der Waals surface area contributed by atoms with Crippen LogP contribution in [0.15, 0.2) is 46.9 Å². The molecule has 1 aliphatic rings. The summed E-state index contributed by atoms with van der Waals surface area (Å²) in [7, 11) is 0. The van der Waals surface area contributed by atoms with Crippen molar-refractivity contribution in [3.05, 3.63) is 63.8 Å². The Labute approximate surface area is 161 Å². The summed E-state index contributed by atoms with van der Waals surface area (Å²) in [5.74, 6) is 0.386. The number of carbonyl (C=O) groups is 1. The van der Waals surface area contributed by atoms with Gasteiger partial charge < -0.3 is 15.0 Å². The number of para-hydroxylation sites is 1. The molecule has 0 radical (unpaired) electrons. The quantitative estimate of drug-likeness (QED) is 0.624. The minimum atomic E-state index is -0.0934. The van der Waals surface area contributed by atoms with Gasteiger partial charge in [-0.3, -0.25) is 4.79 Å². The number of aryl methyl sites for hydroxylation is 1. The van der Waals surface area contributed by atoms with Crippen molar-refractivity contribution in [2.75, 3.05) is 13.1 Å². The molecule has 4 nitrogen and oxygen atoms in total. The Balaban J connectivity index is 1.52. The Kier molecular flexibility index (Phi) is 4.49. The van der Waals surface area contributed by atoms with E-state index in [1.54, 1.807) is 18.2 Å². The third kappa shape index (κ3) is 3.01. The second-order valence-corrected chi connectivity index (χ2v) is 7.85. The smallest absolute Gasteiger partial charge is 0.257 e. The van der Waals surface area contributed by atoms with Gasteiger partial charge in [0.25, 0.3) is 5.91 Å². The highest BCUT2D eigenvalue weighted by Gasteiger charge is 2.28. The lowest BCUT2D eigenvalue weighted by atomic mass is 9.87. The van der Waals surface area contributed by atoms with Crippen molar-refractivity contribution in [2.45, 2.75) is 25.7 Å². The first-order valence-corrected chi connectivity index (χ1v) is 9.69. The van der Waals surface area contributed by atoms with Gasteiger partial charge in [0, 0.05) is 34.2 Å². The summed E-state index contributed by atoms with van der Waals surface area (Å²) in [6, 6.07) is 13.4. The van der Waals surface area contributed by atoms with E-state index in [4.69, 9.17) is 0 Å². The molecule has 1 aromatic heterocycles. The monoisotopic (exact) mass is 412 g/mol. The van der Waals surface area contributed by atoms with E-state index in [0.717, 1.165) is 17.3 Å². The molecular formula is C21H21BrN2O2. The van der Waals surface area contributed by atoms with Crippen LogP contribution >= 0.6 is 15.9 Å². The van der Waals surface area contributed by atoms with E-state index in [0.29, 0.717) is 24.6 Å². The van der Waals surface area contributed by atoms with Crippen LogP contribution in [0.3, 0.4) is 0 Å². The first kappa shape index (κ1) is 17.2. The van der Waals surface area contributed by atoms with Crippen LogP contribution in [-0.4, -0.2) is 34.0 Å². The lowest BCUT2D eigenvalue weighted by molar-refractivity contribution is 0.0710. The third-order valence-electron chi connectivity index (χ3n) is 5.32. The fourth-order valence-electron chi connectivity index (χ4n) is 4.05. The van der Waals surface area contributed by atoms with Gasteiger partial charge in [0.15, 0.2) is 0 Å². The molecule has 2 N–H and O–H groups in total. The number of H-pyrrole nitrogens is 1. The predicted octanol–water partition coefficient (Wildman–Crippen LogP) is 4.96. The molecule has 3 aromatic rings. The number of fused-ring (bicyclic) bond motifs is 1. The Bertz CT molecular complexity index is 971. The average Bonchev–Trinajstić information content (AvgIpc) is 2.97. The lowest BCUT2D eigenvalue weighted by Gasteiger charge is -2.32. The summed E-state index contributed by atoms with van der Waals surface area (Å²) in [5.41, 5.74) is 4.16. The second kappa shape index (κ2) is 6.80. The molecular weight excluding hydrogens is 392 g/mol. The van der Waals surface area contributed by atoms with E-state index in [-0.39, 0.29) is 11.7 Å². The van der Waals surface area contributed by atoms with Crippen molar-refractivity contribution < 1.29 is 9.90 Å². The molecule has 1 aliphatic heterocycles. The molecule has 0 spiro atoms. The average molecular weight is 413 g/mol. The lowest BCUT2D eigenvalue weighted by Crippen LogP contribution is -2.38. The number of phenols is 1. The number of aromatic nitrogens is 1. The molecule has 26 heavy (non-hydrogen) atoms. The van der Waals surface area contributed by atoms with Gasteiger partial charge in [-0.25, -0.2) is 0 Å². The third-order valence-corrected chi connectivity index (χ3v) is 5.82. The van der Waals surface area contributed by atoms with Crippen LogP contribution in [0.2, 0.25) is 0 Å². The van der Waals surface area contributed by atoms with Gasteiger partial charge >= 0.3 is 0 Å². The van der Waals surface area contributed by atoms with Gasteiger partial charge in [0.1, 0.15) is 5.75 Å². The first-order chi connectivity index (χ1) is 12.5. The number of hydrogen-bond donors (Lipinski definition) is 2.